The van der Waals surface area contributed by atoms with E-state index in [0.29, 0.717) is 5.75 Å². The Labute approximate surface area is 111 Å². The van der Waals surface area contributed by atoms with Crippen LogP contribution in [0, 0.1) is 0 Å². The molecule has 2 aromatic rings. The van der Waals surface area contributed by atoms with E-state index in [4.69, 9.17) is 9.47 Å². The van der Waals surface area contributed by atoms with Gasteiger partial charge in [0.1, 0.15) is 12.4 Å². The van der Waals surface area contributed by atoms with Crippen LogP contribution >= 0.6 is 0 Å². The van der Waals surface area contributed by atoms with Crippen LogP contribution in [0.1, 0.15) is 0 Å². The number of carbonyl (C=O) groups excluding carboxylic acids is 1. The minimum Gasteiger partial charge on any atom is -0.483 e. The zero-order valence-corrected chi connectivity index (χ0v) is 10.5. The number of carbonyl (C=O) groups is 1. The second-order valence-corrected chi connectivity index (χ2v) is 3.89. The number of benzene rings is 2. The Bertz CT molecular complexity index is 623. The van der Waals surface area contributed by atoms with Crippen molar-refractivity contribution in [3.8, 4) is 5.75 Å². The van der Waals surface area contributed by atoms with Gasteiger partial charge < -0.3 is 9.47 Å². The molecule has 3 heteroatoms. The van der Waals surface area contributed by atoms with Crippen LogP contribution in [0.2, 0.25) is 0 Å². The van der Waals surface area contributed by atoms with Gasteiger partial charge in [0, 0.05) is 5.39 Å². The molecule has 0 unspecified atom stereocenters. The Hall–Kier alpha value is -2.55. The average Bonchev–Trinajstić information content (AvgIpc) is 2.45. The lowest BCUT2D eigenvalue weighted by Crippen LogP contribution is -2.13. The van der Waals surface area contributed by atoms with Crippen LogP contribution in [-0.2, 0) is 9.53 Å². The van der Waals surface area contributed by atoms with Crippen LogP contribution in [0.3, 0.4) is 0 Å². The summed E-state index contributed by atoms with van der Waals surface area (Å²) in [6.45, 7) is 7.25. The first kappa shape index (κ1) is 12.9. The molecule has 0 amide bonds. The SMILES string of the molecule is C=CCOC(=C)C(=O)Oc1cccc2ccccc12. The highest BCUT2D eigenvalue weighted by Gasteiger charge is 2.12. The number of ether oxygens (including phenoxy) is 2. The molecule has 0 aliphatic carbocycles. The van der Waals surface area contributed by atoms with Crippen LogP contribution in [0.4, 0.5) is 0 Å². The third kappa shape index (κ3) is 3.01. The number of esters is 1. The predicted molar refractivity (Wildman–Crippen MR) is 74.9 cm³/mol. The first-order chi connectivity index (χ1) is 9.22. The van der Waals surface area contributed by atoms with Crippen molar-refractivity contribution >= 4 is 16.7 Å². The minimum atomic E-state index is -0.599. The highest BCUT2D eigenvalue weighted by atomic mass is 16.6. The molecule has 96 valence electrons. The zero-order valence-electron chi connectivity index (χ0n) is 10.5. The number of hydrogen-bond acceptors (Lipinski definition) is 3. The van der Waals surface area contributed by atoms with Crippen molar-refractivity contribution in [3.63, 3.8) is 0 Å². The number of rotatable bonds is 5. The van der Waals surface area contributed by atoms with Gasteiger partial charge >= 0.3 is 5.97 Å². The summed E-state index contributed by atoms with van der Waals surface area (Å²) in [5.41, 5.74) is 0. The van der Waals surface area contributed by atoms with Crippen LogP contribution in [0.25, 0.3) is 10.8 Å². The Morgan fingerprint density at radius 3 is 2.68 bits per heavy atom. The van der Waals surface area contributed by atoms with E-state index in [9.17, 15) is 4.79 Å². The van der Waals surface area contributed by atoms with E-state index in [1.54, 1.807) is 6.07 Å². The summed E-state index contributed by atoms with van der Waals surface area (Å²) in [7, 11) is 0. The number of hydrogen-bond donors (Lipinski definition) is 0. The number of fused-ring (bicyclic) bond motifs is 1. The van der Waals surface area contributed by atoms with Gasteiger partial charge in [-0.25, -0.2) is 4.79 Å². The quantitative estimate of drug-likeness (QED) is 0.269. The van der Waals surface area contributed by atoms with Crippen molar-refractivity contribution in [3.05, 3.63) is 67.5 Å². The van der Waals surface area contributed by atoms with Crippen molar-refractivity contribution in [2.75, 3.05) is 6.61 Å². The molecule has 2 rings (SSSR count). The molecule has 0 saturated carbocycles. The van der Waals surface area contributed by atoms with E-state index in [2.05, 4.69) is 13.2 Å². The van der Waals surface area contributed by atoms with Crippen LogP contribution in [0.5, 0.6) is 5.75 Å². The predicted octanol–water partition coefficient (Wildman–Crippen LogP) is 3.46. The van der Waals surface area contributed by atoms with E-state index in [1.165, 1.54) is 6.08 Å². The molecule has 0 N–H and O–H groups in total. The normalized spacial score (nSPS) is 9.89. The maximum Gasteiger partial charge on any atom is 0.378 e. The smallest absolute Gasteiger partial charge is 0.378 e. The molecule has 0 atom stereocenters. The fourth-order valence-electron chi connectivity index (χ4n) is 1.66. The van der Waals surface area contributed by atoms with Gasteiger partial charge in [0.2, 0.25) is 0 Å². The Balaban J connectivity index is 2.19. The fraction of sp³-hybridized carbons (Fsp3) is 0.0625. The fourth-order valence-corrected chi connectivity index (χ4v) is 1.66. The second-order valence-electron chi connectivity index (χ2n) is 3.89. The average molecular weight is 254 g/mol. The first-order valence-electron chi connectivity index (χ1n) is 5.85. The molecule has 0 spiro atoms. The molecule has 0 radical (unpaired) electrons. The van der Waals surface area contributed by atoms with Crippen LogP contribution in [0.15, 0.2) is 67.5 Å². The highest BCUT2D eigenvalue weighted by molar-refractivity contribution is 5.93. The molecular weight excluding hydrogens is 240 g/mol. The van der Waals surface area contributed by atoms with Gasteiger partial charge in [0.15, 0.2) is 5.76 Å². The van der Waals surface area contributed by atoms with Gasteiger partial charge in [0.25, 0.3) is 0 Å². The Morgan fingerprint density at radius 2 is 1.89 bits per heavy atom. The molecule has 0 saturated heterocycles. The molecule has 0 aliphatic rings. The van der Waals surface area contributed by atoms with Crippen molar-refractivity contribution in [1.29, 1.82) is 0 Å². The molecule has 2 aromatic carbocycles. The summed E-state index contributed by atoms with van der Waals surface area (Å²) in [4.78, 5) is 11.8. The van der Waals surface area contributed by atoms with Crippen molar-refractivity contribution in [2.45, 2.75) is 0 Å². The monoisotopic (exact) mass is 254 g/mol. The first-order valence-corrected chi connectivity index (χ1v) is 5.85. The van der Waals surface area contributed by atoms with Crippen molar-refractivity contribution in [1.82, 2.24) is 0 Å². The summed E-state index contributed by atoms with van der Waals surface area (Å²) >= 11 is 0. The molecule has 0 aliphatic heterocycles. The van der Waals surface area contributed by atoms with Gasteiger partial charge in [0.05, 0.1) is 0 Å². The summed E-state index contributed by atoms with van der Waals surface area (Å²) in [6.07, 6.45) is 1.54. The van der Waals surface area contributed by atoms with Gasteiger partial charge in [-0.3, -0.25) is 0 Å². The van der Waals surface area contributed by atoms with Crippen LogP contribution < -0.4 is 4.74 Å². The highest BCUT2D eigenvalue weighted by Crippen LogP contribution is 2.25. The third-order valence-electron chi connectivity index (χ3n) is 2.56. The third-order valence-corrected chi connectivity index (χ3v) is 2.56. The van der Waals surface area contributed by atoms with Crippen molar-refractivity contribution < 1.29 is 14.3 Å². The lowest BCUT2D eigenvalue weighted by molar-refractivity contribution is -0.133. The van der Waals surface area contributed by atoms with E-state index >= 15 is 0 Å². The Kier molecular flexibility index (Phi) is 3.98. The topological polar surface area (TPSA) is 35.5 Å². The molecule has 0 heterocycles. The van der Waals surface area contributed by atoms with E-state index in [1.807, 2.05) is 36.4 Å². The minimum absolute atomic E-state index is 0.0344. The van der Waals surface area contributed by atoms with Gasteiger partial charge in [-0.1, -0.05) is 49.1 Å². The van der Waals surface area contributed by atoms with Crippen molar-refractivity contribution in [2.24, 2.45) is 0 Å². The van der Waals surface area contributed by atoms with Gasteiger partial charge in [-0.05, 0) is 18.0 Å². The van der Waals surface area contributed by atoms with Crippen LogP contribution in [-0.4, -0.2) is 12.6 Å². The summed E-state index contributed by atoms with van der Waals surface area (Å²) in [5, 5.41) is 1.88. The van der Waals surface area contributed by atoms with E-state index in [0.717, 1.165) is 10.8 Å². The lowest BCUT2D eigenvalue weighted by atomic mass is 10.1. The zero-order chi connectivity index (χ0) is 13.7. The molecule has 19 heavy (non-hydrogen) atoms. The van der Waals surface area contributed by atoms with E-state index in [-0.39, 0.29) is 12.4 Å². The molecule has 0 bridgehead atoms. The summed E-state index contributed by atoms with van der Waals surface area (Å²) < 4.78 is 10.3. The molecule has 0 fully saturated rings. The van der Waals surface area contributed by atoms with E-state index < -0.39 is 5.97 Å². The second kappa shape index (κ2) is 5.87. The Morgan fingerprint density at radius 1 is 1.16 bits per heavy atom. The molecule has 0 aromatic heterocycles. The van der Waals surface area contributed by atoms with Gasteiger partial charge in [-0.15, -0.1) is 0 Å². The van der Waals surface area contributed by atoms with Gasteiger partial charge in [-0.2, -0.15) is 0 Å². The standard InChI is InChI=1S/C16H14O3/c1-3-11-18-12(2)16(17)19-15-10-6-8-13-7-4-5-9-14(13)15/h3-10H,1-2,11H2. The summed E-state index contributed by atoms with van der Waals surface area (Å²) in [5.74, 6) is -0.141. The molecule has 3 nitrogen and oxygen atoms in total. The molecular formula is C16H14O3. The largest absolute Gasteiger partial charge is 0.483 e. The maximum atomic E-state index is 11.8. The lowest BCUT2D eigenvalue weighted by Gasteiger charge is -2.09. The summed E-state index contributed by atoms with van der Waals surface area (Å²) in [6, 6.07) is 13.2. The maximum absolute atomic E-state index is 11.8.